The Labute approximate surface area is 240 Å². The van der Waals surface area contributed by atoms with Gasteiger partial charge in [0.2, 0.25) is 0 Å². The van der Waals surface area contributed by atoms with Crippen LogP contribution in [-0.4, -0.2) is 0 Å². The molecule has 7 atom stereocenters. The Morgan fingerprint density at radius 1 is 0.795 bits per heavy atom. The molecule has 4 aliphatic carbocycles. The molecule has 0 heteroatoms. The van der Waals surface area contributed by atoms with Gasteiger partial charge in [0.05, 0.1) is 0 Å². The lowest BCUT2D eigenvalue weighted by atomic mass is 9.54. The first-order valence-electron chi connectivity index (χ1n) is 17.2. The van der Waals surface area contributed by atoms with Crippen LogP contribution in [0.1, 0.15) is 163 Å². The molecule has 2 aromatic carbocycles. The molecule has 0 heterocycles. The van der Waals surface area contributed by atoms with Crippen LogP contribution in [0.25, 0.3) is 0 Å². The fourth-order valence-corrected chi connectivity index (χ4v) is 9.50. The molecule has 4 aliphatic rings. The molecule has 0 amide bonds. The molecule has 0 N–H and O–H groups in total. The molecule has 3 fully saturated rings. The van der Waals surface area contributed by atoms with E-state index >= 15 is 0 Å². The van der Waals surface area contributed by atoms with Crippen LogP contribution in [0, 0.1) is 29.1 Å². The number of fused-ring (bicyclic) bond motifs is 1. The van der Waals surface area contributed by atoms with Crippen molar-refractivity contribution < 1.29 is 0 Å². The highest BCUT2D eigenvalue weighted by Gasteiger charge is 2.46. The van der Waals surface area contributed by atoms with Crippen molar-refractivity contribution in [2.24, 2.45) is 29.1 Å². The molecule has 212 valence electrons. The molecule has 2 aromatic rings. The van der Waals surface area contributed by atoms with E-state index in [-0.39, 0.29) is 0 Å². The maximum atomic E-state index is 2.69. The summed E-state index contributed by atoms with van der Waals surface area (Å²) < 4.78 is 0. The summed E-state index contributed by atoms with van der Waals surface area (Å²) in [6.07, 6.45) is 21.1. The van der Waals surface area contributed by atoms with Gasteiger partial charge in [-0.1, -0.05) is 115 Å². The number of aryl methyl sites for hydroxylation is 1. The van der Waals surface area contributed by atoms with Crippen LogP contribution in [0.15, 0.2) is 42.5 Å². The number of hydrogen-bond acceptors (Lipinski definition) is 0. The van der Waals surface area contributed by atoms with Crippen molar-refractivity contribution in [1.29, 1.82) is 0 Å². The van der Waals surface area contributed by atoms with Gasteiger partial charge in [0.15, 0.2) is 0 Å². The van der Waals surface area contributed by atoms with Crippen molar-refractivity contribution in [2.45, 2.75) is 142 Å². The van der Waals surface area contributed by atoms with Crippen molar-refractivity contribution in [2.75, 3.05) is 0 Å². The SMILES string of the molecule is CCC(C)C1CCCCC(c2ccc([C@@H]3c4ccc(C5CC5C)cc4CC[C@@]3(C)C3CCCCC3)cc2)CC1. The van der Waals surface area contributed by atoms with Gasteiger partial charge in [0.25, 0.3) is 0 Å². The van der Waals surface area contributed by atoms with E-state index in [1.165, 1.54) is 96.3 Å². The van der Waals surface area contributed by atoms with Gasteiger partial charge in [-0.25, -0.2) is 0 Å². The molecule has 6 rings (SSSR count). The molecule has 0 saturated heterocycles. The summed E-state index contributed by atoms with van der Waals surface area (Å²) in [5.74, 6) is 5.72. The molecule has 0 nitrogen and oxygen atoms in total. The Kier molecular flexibility index (Phi) is 8.31. The maximum Gasteiger partial charge on any atom is 0.0149 e. The summed E-state index contributed by atoms with van der Waals surface area (Å²) in [5.41, 5.74) is 8.57. The number of rotatable bonds is 6. The summed E-state index contributed by atoms with van der Waals surface area (Å²) in [6.45, 7) is 9.99. The molecule has 0 radical (unpaired) electrons. The largest absolute Gasteiger partial charge is 0.0651 e. The third kappa shape index (κ3) is 5.65. The molecule has 0 aromatic heterocycles. The van der Waals surface area contributed by atoms with Gasteiger partial charge in [-0.2, -0.15) is 0 Å². The van der Waals surface area contributed by atoms with E-state index in [9.17, 15) is 0 Å². The molecule has 3 saturated carbocycles. The van der Waals surface area contributed by atoms with Crippen molar-refractivity contribution >= 4 is 0 Å². The fraction of sp³-hybridized carbons (Fsp3) is 0.692. The molecule has 0 aliphatic heterocycles. The minimum atomic E-state index is 0.382. The summed E-state index contributed by atoms with van der Waals surface area (Å²) in [7, 11) is 0. The summed E-state index contributed by atoms with van der Waals surface area (Å²) in [4.78, 5) is 0. The predicted octanol–water partition coefficient (Wildman–Crippen LogP) is 11.6. The van der Waals surface area contributed by atoms with Gasteiger partial charge in [-0.15, -0.1) is 0 Å². The minimum absolute atomic E-state index is 0.382. The zero-order valence-corrected chi connectivity index (χ0v) is 25.7. The molecule has 39 heavy (non-hydrogen) atoms. The molecule has 5 unspecified atom stereocenters. The van der Waals surface area contributed by atoms with Crippen LogP contribution in [0.3, 0.4) is 0 Å². The van der Waals surface area contributed by atoms with E-state index < -0.39 is 0 Å². The average molecular weight is 525 g/mol. The van der Waals surface area contributed by atoms with Crippen LogP contribution < -0.4 is 0 Å². The second kappa shape index (κ2) is 11.7. The highest BCUT2D eigenvalue weighted by Crippen LogP contribution is 2.57. The van der Waals surface area contributed by atoms with Crippen LogP contribution in [0.5, 0.6) is 0 Å². The Bertz CT molecular complexity index is 1090. The second-order valence-corrected chi connectivity index (χ2v) is 14.9. The fourth-order valence-electron chi connectivity index (χ4n) is 9.50. The van der Waals surface area contributed by atoms with Gasteiger partial charge in [-0.3, -0.25) is 0 Å². The zero-order valence-electron chi connectivity index (χ0n) is 25.7. The summed E-state index contributed by atoms with van der Waals surface area (Å²) in [6, 6.07) is 18.0. The van der Waals surface area contributed by atoms with E-state index in [4.69, 9.17) is 0 Å². The lowest BCUT2D eigenvalue weighted by molar-refractivity contribution is 0.0964. The standard InChI is InChI=1S/C39H56/c1-5-27(2)29-11-9-10-12-30(16-15-29)31-17-19-32(20-18-31)38-36-22-21-33(37-25-28(37)3)26-34(36)23-24-39(38,4)35-13-7-6-8-14-35/h17-22,26-30,35,37-38H,5-16,23-25H2,1-4H3/t27?,28?,29?,30?,37?,38-,39+/m1/s1. The summed E-state index contributed by atoms with van der Waals surface area (Å²) in [5, 5.41) is 0. The number of benzene rings is 2. The van der Waals surface area contributed by atoms with Crippen LogP contribution in [-0.2, 0) is 6.42 Å². The molecular weight excluding hydrogens is 468 g/mol. The highest BCUT2D eigenvalue weighted by molar-refractivity contribution is 5.46. The molecule has 0 bridgehead atoms. The quantitative estimate of drug-likeness (QED) is 0.352. The smallest absolute Gasteiger partial charge is 0.0149 e. The molecular formula is C39H56. The van der Waals surface area contributed by atoms with E-state index in [2.05, 4.69) is 70.2 Å². The Morgan fingerprint density at radius 2 is 1.46 bits per heavy atom. The van der Waals surface area contributed by atoms with Crippen LogP contribution in [0.4, 0.5) is 0 Å². The predicted molar refractivity (Wildman–Crippen MR) is 168 cm³/mol. The van der Waals surface area contributed by atoms with Gasteiger partial charge < -0.3 is 0 Å². The average Bonchev–Trinajstić information content (AvgIpc) is 3.69. The van der Waals surface area contributed by atoms with Crippen molar-refractivity contribution in [1.82, 2.24) is 0 Å². The monoisotopic (exact) mass is 524 g/mol. The lowest BCUT2D eigenvalue weighted by Crippen LogP contribution is -2.39. The van der Waals surface area contributed by atoms with Gasteiger partial charge in [0, 0.05) is 5.92 Å². The van der Waals surface area contributed by atoms with Crippen LogP contribution in [0.2, 0.25) is 0 Å². The topological polar surface area (TPSA) is 0 Å². The van der Waals surface area contributed by atoms with Gasteiger partial charge in [0.1, 0.15) is 0 Å². The van der Waals surface area contributed by atoms with Crippen molar-refractivity contribution in [3.63, 3.8) is 0 Å². The first-order chi connectivity index (χ1) is 19.0. The molecule has 0 spiro atoms. The summed E-state index contributed by atoms with van der Waals surface area (Å²) >= 11 is 0. The minimum Gasteiger partial charge on any atom is -0.0651 e. The van der Waals surface area contributed by atoms with Crippen molar-refractivity contribution in [3.05, 3.63) is 70.3 Å². The third-order valence-corrected chi connectivity index (χ3v) is 12.6. The van der Waals surface area contributed by atoms with E-state index in [0.717, 1.165) is 35.5 Å². The van der Waals surface area contributed by atoms with E-state index in [0.29, 0.717) is 11.3 Å². The Hall–Kier alpha value is -1.56. The normalized spacial score (nSPS) is 34.5. The third-order valence-electron chi connectivity index (χ3n) is 12.6. The van der Waals surface area contributed by atoms with Gasteiger partial charge in [-0.05, 0) is 120 Å². The first-order valence-corrected chi connectivity index (χ1v) is 17.2. The van der Waals surface area contributed by atoms with Crippen LogP contribution >= 0.6 is 0 Å². The Balaban J connectivity index is 1.29. The maximum absolute atomic E-state index is 2.69. The van der Waals surface area contributed by atoms with Crippen molar-refractivity contribution in [3.8, 4) is 0 Å². The van der Waals surface area contributed by atoms with E-state index in [1.807, 2.05) is 0 Å². The lowest BCUT2D eigenvalue weighted by Gasteiger charge is -2.49. The van der Waals surface area contributed by atoms with E-state index in [1.54, 1.807) is 27.8 Å². The highest BCUT2D eigenvalue weighted by atomic mass is 14.5. The van der Waals surface area contributed by atoms with Gasteiger partial charge >= 0.3 is 0 Å². The number of hydrogen-bond donors (Lipinski definition) is 0. The second-order valence-electron chi connectivity index (χ2n) is 14.9. The Morgan fingerprint density at radius 3 is 2.18 bits per heavy atom. The first kappa shape index (κ1) is 27.6. The zero-order chi connectivity index (χ0) is 27.0.